The van der Waals surface area contributed by atoms with E-state index in [4.69, 9.17) is 4.74 Å². The lowest BCUT2D eigenvalue weighted by Crippen LogP contribution is -2.18. The summed E-state index contributed by atoms with van der Waals surface area (Å²) in [7, 11) is 0. The molecule has 0 aromatic carbocycles. The van der Waals surface area contributed by atoms with Crippen LogP contribution in [0.4, 0.5) is 0 Å². The number of hydrogen-bond donors (Lipinski definition) is 0. The summed E-state index contributed by atoms with van der Waals surface area (Å²) in [6.45, 7) is 14.7. The molecule has 2 fully saturated rings. The Morgan fingerprint density at radius 1 is 0.714 bits per heavy atom. The van der Waals surface area contributed by atoms with Gasteiger partial charge in [-0.05, 0) is 67.6 Å². The van der Waals surface area contributed by atoms with Crippen molar-refractivity contribution in [3.05, 3.63) is 0 Å². The van der Waals surface area contributed by atoms with Gasteiger partial charge in [-0.3, -0.25) is 0 Å². The summed E-state index contributed by atoms with van der Waals surface area (Å²) in [5.41, 5.74) is 0. The SMILES string of the molecule is CCC(C)CC(C)C(C)CC(C)C(C)CCCCCCCC1CCC2OC2C1. The van der Waals surface area contributed by atoms with E-state index in [-0.39, 0.29) is 0 Å². The lowest BCUT2D eigenvalue weighted by atomic mass is 9.78. The van der Waals surface area contributed by atoms with Crippen LogP contribution in [0.15, 0.2) is 0 Å². The third kappa shape index (κ3) is 8.76. The van der Waals surface area contributed by atoms with Crippen LogP contribution in [0.1, 0.15) is 125 Å². The summed E-state index contributed by atoms with van der Waals surface area (Å²) in [5.74, 6) is 5.41. The zero-order valence-corrected chi connectivity index (χ0v) is 20.2. The van der Waals surface area contributed by atoms with E-state index in [1.54, 1.807) is 0 Å². The minimum absolute atomic E-state index is 0.669. The minimum Gasteiger partial charge on any atom is -0.370 e. The summed E-state index contributed by atoms with van der Waals surface area (Å²) in [4.78, 5) is 0. The molecule has 0 aromatic heterocycles. The van der Waals surface area contributed by atoms with E-state index in [1.165, 1.54) is 83.5 Å². The van der Waals surface area contributed by atoms with Gasteiger partial charge in [-0.15, -0.1) is 0 Å². The maximum Gasteiger partial charge on any atom is 0.0844 e. The second kappa shape index (κ2) is 12.6. The normalized spacial score (nSPS) is 29.6. The van der Waals surface area contributed by atoms with Crippen molar-refractivity contribution >= 4 is 0 Å². The van der Waals surface area contributed by atoms with E-state index >= 15 is 0 Å². The summed E-state index contributed by atoms with van der Waals surface area (Å²) in [6, 6.07) is 0. The highest BCUT2D eigenvalue weighted by Gasteiger charge is 2.43. The van der Waals surface area contributed by atoms with Crippen molar-refractivity contribution in [2.75, 3.05) is 0 Å². The van der Waals surface area contributed by atoms with Crippen molar-refractivity contribution < 1.29 is 4.74 Å². The third-order valence-corrected chi connectivity index (χ3v) is 8.54. The molecule has 0 radical (unpaired) electrons. The third-order valence-electron chi connectivity index (χ3n) is 8.54. The lowest BCUT2D eigenvalue weighted by Gasteiger charge is -2.28. The second-order valence-electron chi connectivity index (χ2n) is 11.1. The average molecular weight is 393 g/mol. The molecule has 0 aromatic rings. The molecule has 0 spiro atoms. The molecule has 166 valence electrons. The van der Waals surface area contributed by atoms with Crippen LogP contribution in [-0.4, -0.2) is 12.2 Å². The molecule has 1 aliphatic heterocycles. The van der Waals surface area contributed by atoms with Crippen LogP contribution in [0.5, 0.6) is 0 Å². The van der Waals surface area contributed by atoms with Gasteiger partial charge in [0.15, 0.2) is 0 Å². The van der Waals surface area contributed by atoms with Gasteiger partial charge in [0.25, 0.3) is 0 Å². The number of fused-ring (bicyclic) bond motifs is 1. The molecule has 0 amide bonds. The smallest absolute Gasteiger partial charge is 0.0844 e. The highest BCUT2D eigenvalue weighted by Crippen LogP contribution is 2.41. The van der Waals surface area contributed by atoms with Crippen molar-refractivity contribution in [2.45, 2.75) is 137 Å². The maximum absolute atomic E-state index is 5.67. The predicted octanol–water partition coefficient (Wildman–Crippen LogP) is 8.66. The van der Waals surface area contributed by atoms with E-state index in [9.17, 15) is 0 Å². The monoisotopic (exact) mass is 392 g/mol. The van der Waals surface area contributed by atoms with Crippen molar-refractivity contribution in [3.63, 3.8) is 0 Å². The molecule has 1 heteroatoms. The molecular weight excluding hydrogens is 340 g/mol. The Bertz CT molecular complexity index is 405. The predicted molar refractivity (Wildman–Crippen MR) is 124 cm³/mol. The van der Waals surface area contributed by atoms with E-state index in [2.05, 4.69) is 41.5 Å². The Balaban J connectivity index is 1.45. The topological polar surface area (TPSA) is 12.5 Å². The molecular formula is C27H52O. The minimum atomic E-state index is 0.669. The van der Waals surface area contributed by atoms with Crippen LogP contribution < -0.4 is 0 Å². The zero-order valence-electron chi connectivity index (χ0n) is 20.2. The zero-order chi connectivity index (χ0) is 20.5. The molecule has 2 rings (SSSR count). The Hall–Kier alpha value is -0.0400. The Morgan fingerprint density at radius 2 is 1.36 bits per heavy atom. The Kier molecular flexibility index (Phi) is 10.9. The molecule has 8 atom stereocenters. The van der Waals surface area contributed by atoms with Crippen LogP contribution in [-0.2, 0) is 4.74 Å². The first-order valence-corrected chi connectivity index (χ1v) is 13.1. The fourth-order valence-corrected chi connectivity index (χ4v) is 5.55. The molecule has 1 nitrogen and oxygen atoms in total. The molecule has 28 heavy (non-hydrogen) atoms. The summed E-state index contributed by atoms with van der Waals surface area (Å²) >= 11 is 0. The largest absolute Gasteiger partial charge is 0.370 e. The molecule has 1 heterocycles. The van der Waals surface area contributed by atoms with Crippen LogP contribution in [0.25, 0.3) is 0 Å². The summed E-state index contributed by atoms with van der Waals surface area (Å²) in [6.07, 6.45) is 19.8. The van der Waals surface area contributed by atoms with E-state index < -0.39 is 0 Å². The highest BCUT2D eigenvalue weighted by atomic mass is 16.6. The van der Waals surface area contributed by atoms with E-state index in [0.717, 1.165) is 35.5 Å². The number of rotatable bonds is 15. The second-order valence-corrected chi connectivity index (χ2v) is 11.1. The fourth-order valence-electron chi connectivity index (χ4n) is 5.55. The average Bonchev–Trinajstić information content (AvgIpc) is 3.45. The first kappa shape index (κ1) is 24.2. The quantitative estimate of drug-likeness (QED) is 0.200. The van der Waals surface area contributed by atoms with Gasteiger partial charge in [-0.2, -0.15) is 0 Å². The van der Waals surface area contributed by atoms with Crippen molar-refractivity contribution in [2.24, 2.45) is 35.5 Å². The number of ether oxygens (including phenoxy) is 1. The summed E-state index contributed by atoms with van der Waals surface area (Å²) in [5, 5.41) is 0. The van der Waals surface area contributed by atoms with Gasteiger partial charge in [-0.25, -0.2) is 0 Å². The van der Waals surface area contributed by atoms with Crippen LogP contribution in [0.3, 0.4) is 0 Å². The van der Waals surface area contributed by atoms with Gasteiger partial charge in [0, 0.05) is 0 Å². The standard InChI is InChI=1S/C27H52O/c1-7-20(2)17-22(4)24(6)18-23(5)21(3)13-11-9-8-10-12-14-25-15-16-26-27(19-25)28-26/h20-27H,7-19H2,1-6H3. The number of hydrogen-bond acceptors (Lipinski definition) is 1. The van der Waals surface area contributed by atoms with Crippen LogP contribution in [0, 0.1) is 35.5 Å². The van der Waals surface area contributed by atoms with Gasteiger partial charge < -0.3 is 4.74 Å². The van der Waals surface area contributed by atoms with Crippen molar-refractivity contribution in [1.29, 1.82) is 0 Å². The molecule has 8 unspecified atom stereocenters. The van der Waals surface area contributed by atoms with Crippen LogP contribution >= 0.6 is 0 Å². The molecule has 1 aliphatic carbocycles. The molecule has 0 N–H and O–H groups in total. The molecule has 1 saturated heterocycles. The first-order chi connectivity index (χ1) is 13.4. The molecule has 2 aliphatic rings. The van der Waals surface area contributed by atoms with Gasteiger partial charge in [0.1, 0.15) is 0 Å². The fraction of sp³-hybridized carbons (Fsp3) is 1.00. The van der Waals surface area contributed by atoms with E-state index in [1.807, 2.05) is 0 Å². The van der Waals surface area contributed by atoms with Gasteiger partial charge >= 0.3 is 0 Å². The van der Waals surface area contributed by atoms with Crippen molar-refractivity contribution in [1.82, 2.24) is 0 Å². The Labute approximate surface area is 177 Å². The van der Waals surface area contributed by atoms with Crippen molar-refractivity contribution in [3.8, 4) is 0 Å². The first-order valence-electron chi connectivity index (χ1n) is 13.1. The van der Waals surface area contributed by atoms with Crippen LogP contribution in [0.2, 0.25) is 0 Å². The Morgan fingerprint density at radius 3 is 2.07 bits per heavy atom. The number of unbranched alkanes of at least 4 members (excludes halogenated alkanes) is 4. The van der Waals surface area contributed by atoms with Gasteiger partial charge in [-0.1, -0.05) is 92.9 Å². The number of epoxide rings is 1. The highest BCUT2D eigenvalue weighted by molar-refractivity contribution is 4.91. The molecule has 1 saturated carbocycles. The van der Waals surface area contributed by atoms with Gasteiger partial charge in [0.2, 0.25) is 0 Å². The van der Waals surface area contributed by atoms with Gasteiger partial charge in [0.05, 0.1) is 12.2 Å². The molecule has 0 bridgehead atoms. The van der Waals surface area contributed by atoms with E-state index in [0.29, 0.717) is 12.2 Å². The summed E-state index contributed by atoms with van der Waals surface area (Å²) < 4.78 is 5.67. The lowest BCUT2D eigenvalue weighted by molar-refractivity contribution is 0.227. The maximum atomic E-state index is 5.67.